The van der Waals surface area contributed by atoms with E-state index in [9.17, 15) is 5.11 Å². The number of rotatable bonds is 6. The summed E-state index contributed by atoms with van der Waals surface area (Å²) in [6, 6.07) is 0. The number of hydrogen-bond acceptors (Lipinski definition) is 3. The van der Waals surface area contributed by atoms with Gasteiger partial charge in [0.05, 0.1) is 19.0 Å². The highest BCUT2D eigenvalue weighted by Gasteiger charge is 2.46. The van der Waals surface area contributed by atoms with Gasteiger partial charge in [-0.25, -0.2) is 0 Å². The average molecular weight is 301 g/mol. The molecule has 0 bridgehead atoms. The van der Waals surface area contributed by atoms with Crippen molar-refractivity contribution in [3.05, 3.63) is 12.3 Å². The monoisotopic (exact) mass is 300 g/mol. The maximum absolute atomic E-state index is 10.2. The lowest BCUT2D eigenvalue weighted by molar-refractivity contribution is -0.0487. The van der Waals surface area contributed by atoms with Gasteiger partial charge in [0.2, 0.25) is 8.32 Å². The van der Waals surface area contributed by atoms with E-state index in [0.29, 0.717) is 23.2 Å². The summed E-state index contributed by atoms with van der Waals surface area (Å²) in [5.41, 5.74) is 1.66. The Morgan fingerprint density at radius 3 is 2.05 bits per heavy atom. The van der Waals surface area contributed by atoms with E-state index in [2.05, 4.69) is 41.5 Å². The van der Waals surface area contributed by atoms with Gasteiger partial charge >= 0.3 is 0 Å². The molecule has 0 aromatic carbocycles. The molecule has 0 aromatic rings. The summed E-state index contributed by atoms with van der Waals surface area (Å²) >= 11 is 0. The molecule has 0 aromatic heterocycles. The van der Waals surface area contributed by atoms with Gasteiger partial charge in [-0.3, -0.25) is 0 Å². The van der Waals surface area contributed by atoms with E-state index in [1.54, 1.807) is 6.26 Å². The molecule has 1 rings (SSSR count). The Labute approximate surface area is 125 Å². The topological polar surface area (TPSA) is 38.7 Å². The Hall–Kier alpha value is -0.323. The summed E-state index contributed by atoms with van der Waals surface area (Å²) in [6.45, 7) is 16.1. The minimum Gasteiger partial charge on any atom is -0.493 e. The zero-order valence-electron chi connectivity index (χ0n) is 14.1. The summed E-state index contributed by atoms with van der Waals surface area (Å²) in [4.78, 5) is 0. The second-order valence-electron chi connectivity index (χ2n) is 6.98. The van der Waals surface area contributed by atoms with Crippen LogP contribution < -0.4 is 0 Å². The summed E-state index contributed by atoms with van der Waals surface area (Å²) in [5.74, 6) is 0.130. The van der Waals surface area contributed by atoms with Crippen LogP contribution in [0.3, 0.4) is 0 Å². The van der Waals surface area contributed by atoms with E-state index < -0.39 is 14.4 Å². The molecule has 0 saturated heterocycles. The van der Waals surface area contributed by atoms with Crippen molar-refractivity contribution in [1.82, 2.24) is 0 Å². The van der Waals surface area contributed by atoms with Gasteiger partial charge in [-0.2, -0.15) is 0 Å². The second kappa shape index (κ2) is 7.10. The van der Waals surface area contributed by atoms with Crippen molar-refractivity contribution in [2.24, 2.45) is 5.92 Å². The third-order valence-electron chi connectivity index (χ3n) is 4.76. The number of aliphatic hydroxyl groups excluding tert-OH is 1. The summed E-state index contributed by atoms with van der Waals surface area (Å²) in [7, 11) is -1.88. The Balaban J connectivity index is 2.79. The van der Waals surface area contributed by atoms with E-state index in [1.165, 1.54) is 0 Å². The van der Waals surface area contributed by atoms with Crippen LogP contribution in [0.4, 0.5) is 0 Å². The van der Waals surface area contributed by atoms with Crippen LogP contribution in [0.2, 0.25) is 16.6 Å². The molecular formula is C16H32O3Si. The van der Waals surface area contributed by atoms with Gasteiger partial charge < -0.3 is 14.3 Å². The van der Waals surface area contributed by atoms with Crippen molar-refractivity contribution >= 4 is 8.32 Å². The lowest BCUT2D eigenvalue weighted by Crippen LogP contribution is -2.51. The van der Waals surface area contributed by atoms with Crippen LogP contribution in [-0.2, 0) is 9.16 Å². The van der Waals surface area contributed by atoms with Gasteiger partial charge in [0.15, 0.2) is 0 Å². The predicted octanol–water partition coefficient (Wildman–Crippen LogP) is 4.09. The molecule has 1 aliphatic heterocycles. The quantitative estimate of drug-likeness (QED) is 0.751. The lowest BCUT2D eigenvalue weighted by atomic mass is 9.99. The van der Waals surface area contributed by atoms with E-state index in [0.717, 1.165) is 0 Å². The highest BCUT2D eigenvalue weighted by atomic mass is 28.4. The number of ether oxygens (including phenoxy) is 1. The molecule has 0 aliphatic carbocycles. The molecule has 20 heavy (non-hydrogen) atoms. The Morgan fingerprint density at radius 2 is 1.60 bits per heavy atom. The highest BCUT2D eigenvalue weighted by molar-refractivity contribution is 6.77. The Morgan fingerprint density at radius 1 is 1.10 bits per heavy atom. The minimum atomic E-state index is -1.88. The first-order valence-electron chi connectivity index (χ1n) is 7.87. The van der Waals surface area contributed by atoms with Gasteiger partial charge in [0.25, 0.3) is 0 Å². The van der Waals surface area contributed by atoms with Gasteiger partial charge in [-0.15, -0.1) is 0 Å². The van der Waals surface area contributed by atoms with Crippen molar-refractivity contribution in [2.75, 3.05) is 6.61 Å². The third kappa shape index (κ3) is 3.46. The molecule has 4 heteroatoms. The number of hydrogen-bond donors (Lipinski definition) is 1. The maximum atomic E-state index is 10.2. The van der Waals surface area contributed by atoms with Gasteiger partial charge in [0.1, 0.15) is 6.10 Å². The predicted molar refractivity (Wildman–Crippen MR) is 86.2 cm³/mol. The molecule has 118 valence electrons. The van der Waals surface area contributed by atoms with Crippen LogP contribution in [0.25, 0.3) is 0 Å². The number of aliphatic hydroxyl groups is 1. The lowest BCUT2D eigenvalue weighted by Gasteiger charge is -2.43. The van der Waals surface area contributed by atoms with Gasteiger partial charge in [-0.05, 0) is 22.7 Å². The molecule has 1 aliphatic rings. The van der Waals surface area contributed by atoms with E-state index in [1.807, 2.05) is 13.0 Å². The van der Waals surface area contributed by atoms with Gasteiger partial charge in [0, 0.05) is 5.92 Å². The van der Waals surface area contributed by atoms with Crippen molar-refractivity contribution in [1.29, 1.82) is 0 Å². The van der Waals surface area contributed by atoms with Crippen LogP contribution in [-0.4, -0.2) is 32.2 Å². The van der Waals surface area contributed by atoms with Crippen LogP contribution in [0.5, 0.6) is 0 Å². The van der Waals surface area contributed by atoms with E-state index in [-0.39, 0.29) is 12.0 Å². The first kappa shape index (κ1) is 17.7. The van der Waals surface area contributed by atoms with Crippen LogP contribution >= 0.6 is 0 Å². The SMILES string of the molecule is CC1C=COC(CO[Si](C(C)C)(C(C)C)C(C)C)[C@@H]1O. The molecule has 3 atom stereocenters. The van der Waals surface area contributed by atoms with Crippen LogP contribution in [0.15, 0.2) is 12.3 Å². The molecule has 0 spiro atoms. The smallest absolute Gasteiger partial charge is 0.200 e. The molecule has 1 heterocycles. The maximum Gasteiger partial charge on any atom is 0.200 e. The highest BCUT2D eigenvalue weighted by Crippen LogP contribution is 2.42. The average Bonchev–Trinajstić information content (AvgIpc) is 2.33. The minimum absolute atomic E-state index is 0.130. The molecule has 2 unspecified atom stereocenters. The molecule has 0 saturated carbocycles. The van der Waals surface area contributed by atoms with Crippen molar-refractivity contribution in [3.63, 3.8) is 0 Å². The molecule has 3 nitrogen and oxygen atoms in total. The standard InChI is InChI=1S/C16H32O3Si/c1-11(2)20(12(3)4,13(5)6)19-10-15-16(17)14(7)8-9-18-15/h8-9,11-17H,10H2,1-7H3/t14?,15?,16-/m1/s1. The largest absolute Gasteiger partial charge is 0.493 e. The van der Waals surface area contributed by atoms with Crippen molar-refractivity contribution in [3.8, 4) is 0 Å². The summed E-state index contributed by atoms with van der Waals surface area (Å²) < 4.78 is 12.1. The zero-order valence-corrected chi connectivity index (χ0v) is 15.1. The van der Waals surface area contributed by atoms with Crippen LogP contribution in [0, 0.1) is 5.92 Å². The normalized spacial score (nSPS) is 27.4. The van der Waals surface area contributed by atoms with Crippen molar-refractivity contribution < 1.29 is 14.3 Å². The fourth-order valence-electron chi connectivity index (χ4n) is 3.67. The molecule has 0 fully saturated rings. The van der Waals surface area contributed by atoms with Crippen molar-refractivity contribution in [2.45, 2.75) is 77.3 Å². The summed E-state index contributed by atoms with van der Waals surface area (Å²) in [5, 5.41) is 10.2. The Bertz CT molecular complexity index is 304. The zero-order chi connectivity index (χ0) is 15.5. The first-order chi connectivity index (χ1) is 9.23. The van der Waals surface area contributed by atoms with E-state index in [4.69, 9.17) is 9.16 Å². The third-order valence-corrected chi connectivity index (χ3v) is 10.8. The van der Waals surface area contributed by atoms with E-state index >= 15 is 0 Å². The molecule has 1 N–H and O–H groups in total. The Kier molecular flexibility index (Phi) is 6.29. The summed E-state index contributed by atoms with van der Waals surface area (Å²) in [6.07, 6.45) is 2.89. The molecule has 0 radical (unpaired) electrons. The first-order valence-corrected chi connectivity index (χ1v) is 10.0. The van der Waals surface area contributed by atoms with Crippen LogP contribution in [0.1, 0.15) is 48.5 Å². The fourth-order valence-corrected chi connectivity index (χ4v) is 9.12. The molecule has 0 amide bonds. The van der Waals surface area contributed by atoms with Gasteiger partial charge in [-0.1, -0.05) is 48.5 Å². The second-order valence-corrected chi connectivity index (χ2v) is 12.4. The fraction of sp³-hybridized carbons (Fsp3) is 0.875. The molecular weight excluding hydrogens is 268 g/mol.